The first-order chi connectivity index (χ1) is 12.5. The van der Waals surface area contributed by atoms with Gasteiger partial charge in [0.15, 0.2) is 5.13 Å². The Kier molecular flexibility index (Phi) is 13.4. The predicted octanol–water partition coefficient (Wildman–Crippen LogP) is 1.33. The molecule has 1 amide bonds. The number of methoxy groups -OCH3 is 2. The molecule has 0 aliphatic carbocycles. The molecule has 1 N–H and O–H groups in total. The molecule has 0 aliphatic heterocycles. The lowest BCUT2D eigenvalue weighted by Gasteiger charge is -2.09. The van der Waals surface area contributed by atoms with Gasteiger partial charge in [0, 0.05) is 38.4 Å². The molecule has 1 aromatic heterocycles. The standard InChI is InChI=1S/C14H17N3O4S.C3H8O/c1-17(6-3-12(21-2)4-7-18)14-16-11(10-22-14)9-13(20)15-5-8-19;1-3-4-2/h3-4,6-8,10H,5,9H2,1-2H3,(H,15,20);3H2,1-2H3/b6-3-,12-4+;. The van der Waals surface area contributed by atoms with Crippen molar-refractivity contribution in [2.45, 2.75) is 13.3 Å². The van der Waals surface area contributed by atoms with Crippen LogP contribution < -0.4 is 10.2 Å². The molecule has 0 saturated heterocycles. The van der Waals surface area contributed by atoms with E-state index < -0.39 is 0 Å². The number of carbonyl (C=O) groups excluding carboxylic acids is 3. The van der Waals surface area contributed by atoms with Gasteiger partial charge in [-0.2, -0.15) is 0 Å². The summed E-state index contributed by atoms with van der Waals surface area (Å²) < 4.78 is 9.53. The van der Waals surface area contributed by atoms with E-state index in [2.05, 4.69) is 15.0 Å². The van der Waals surface area contributed by atoms with E-state index in [-0.39, 0.29) is 18.9 Å². The number of thiazole rings is 1. The third-order valence-corrected chi connectivity index (χ3v) is 3.76. The Morgan fingerprint density at radius 1 is 1.38 bits per heavy atom. The van der Waals surface area contributed by atoms with Gasteiger partial charge in [-0.3, -0.25) is 9.59 Å². The number of anilines is 1. The predicted molar refractivity (Wildman–Crippen MR) is 101 cm³/mol. The minimum Gasteiger partial charge on any atom is -0.497 e. The van der Waals surface area contributed by atoms with E-state index in [4.69, 9.17) is 4.74 Å². The molecule has 8 nitrogen and oxygen atoms in total. The number of nitrogens with one attached hydrogen (secondary N) is 1. The summed E-state index contributed by atoms with van der Waals surface area (Å²) in [6.07, 6.45) is 6.03. The molecule has 144 valence electrons. The zero-order valence-corrected chi connectivity index (χ0v) is 16.2. The summed E-state index contributed by atoms with van der Waals surface area (Å²) in [5.74, 6) is 0.171. The number of nitrogens with zero attached hydrogens (tertiary/aromatic N) is 2. The van der Waals surface area contributed by atoms with Crippen molar-refractivity contribution in [3.8, 4) is 0 Å². The van der Waals surface area contributed by atoms with Crippen molar-refractivity contribution in [2.75, 3.05) is 39.3 Å². The van der Waals surface area contributed by atoms with E-state index in [1.54, 1.807) is 36.7 Å². The highest BCUT2D eigenvalue weighted by Gasteiger charge is 2.09. The topological polar surface area (TPSA) is 97.8 Å². The van der Waals surface area contributed by atoms with Gasteiger partial charge in [-0.25, -0.2) is 4.98 Å². The van der Waals surface area contributed by atoms with Crippen LogP contribution in [0.5, 0.6) is 0 Å². The minimum absolute atomic E-state index is 0.00132. The minimum atomic E-state index is -0.252. The molecule has 1 rings (SSSR count). The smallest absolute Gasteiger partial charge is 0.226 e. The summed E-state index contributed by atoms with van der Waals surface area (Å²) in [5.41, 5.74) is 0.624. The maximum absolute atomic E-state index is 11.5. The van der Waals surface area contributed by atoms with Gasteiger partial charge in [0.25, 0.3) is 0 Å². The monoisotopic (exact) mass is 383 g/mol. The molecular weight excluding hydrogens is 358 g/mol. The maximum atomic E-state index is 11.5. The SMILES string of the molecule is CCOC.COC(/C=C\N(C)c1nc(CC(=O)NCC=O)cs1)=C/C=O. The summed E-state index contributed by atoms with van der Waals surface area (Å²) in [6, 6.07) is 0. The number of allylic oxidation sites excluding steroid dienone is 2. The molecule has 0 aliphatic rings. The van der Waals surface area contributed by atoms with Crippen LogP contribution in [0.3, 0.4) is 0 Å². The number of ether oxygens (including phenoxy) is 2. The number of aldehydes is 2. The highest BCUT2D eigenvalue weighted by Crippen LogP contribution is 2.20. The quantitative estimate of drug-likeness (QED) is 0.282. The average Bonchev–Trinajstić information content (AvgIpc) is 3.11. The van der Waals surface area contributed by atoms with Gasteiger partial charge in [0.1, 0.15) is 18.3 Å². The van der Waals surface area contributed by atoms with Crippen LogP contribution in [0.4, 0.5) is 5.13 Å². The van der Waals surface area contributed by atoms with E-state index >= 15 is 0 Å². The molecule has 0 atom stereocenters. The second-order valence-electron chi connectivity index (χ2n) is 4.68. The first kappa shape index (κ1) is 23.5. The number of rotatable bonds is 10. The van der Waals surface area contributed by atoms with Gasteiger partial charge in [-0.05, 0) is 13.0 Å². The molecule has 1 heterocycles. The molecule has 1 aromatic rings. The van der Waals surface area contributed by atoms with Crippen LogP contribution in [0, 0.1) is 0 Å². The molecule has 0 fully saturated rings. The van der Waals surface area contributed by atoms with Gasteiger partial charge < -0.3 is 24.5 Å². The van der Waals surface area contributed by atoms with E-state index in [1.807, 2.05) is 6.92 Å². The van der Waals surface area contributed by atoms with E-state index in [1.165, 1.54) is 24.5 Å². The van der Waals surface area contributed by atoms with Crippen molar-refractivity contribution in [3.05, 3.63) is 35.2 Å². The highest BCUT2D eigenvalue weighted by molar-refractivity contribution is 7.13. The second kappa shape index (κ2) is 14.8. The Morgan fingerprint density at radius 2 is 2.08 bits per heavy atom. The Morgan fingerprint density at radius 3 is 2.62 bits per heavy atom. The molecule has 0 bridgehead atoms. The third kappa shape index (κ3) is 10.4. The van der Waals surface area contributed by atoms with Crippen LogP contribution in [-0.2, 0) is 30.3 Å². The van der Waals surface area contributed by atoms with Crippen LogP contribution in [0.1, 0.15) is 12.6 Å². The normalized spacial score (nSPS) is 10.7. The Balaban J connectivity index is 0.00000141. The second-order valence-corrected chi connectivity index (χ2v) is 5.52. The first-order valence-corrected chi connectivity index (χ1v) is 8.64. The number of aromatic nitrogens is 1. The fourth-order valence-electron chi connectivity index (χ4n) is 1.43. The Bertz CT molecular complexity index is 611. The fraction of sp³-hybridized carbons (Fsp3) is 0.412. The van der Waals surface area contributed by atoms with Gasteiger partial charge in [-0.1, -0.05) is 0 Å². The molecule has 0 saturated carbocycles. The summed E-state index contributed by atoms with van der Waals surface area (Å²) in [4.78, 5) is 38.1. The number of carbonyl (C=O) groups is 3. The lowest BCUT2D eigenvalue weighted by Crippen LogP contribution is -2.26. The number of amides is 1. The molecule has 0 aromatic carbocycles. The Hall–Kier alpha value is -2.52. The molecule has 0 spiro atoms. The van der Waals surface area contributed by atoms with E-state index in [9.17, 15) is 14.4 Å². The van der Waals surface area contributed by atoms with E-state index in [0.717, 1.165) is 6.61 Å². The molecule has 26 heavy (non-hydrogen) atoms. The summed E-state index contributed by atoms with van der Waals surface area (Å²) in [6.45, 7) is 2.78. The van der Waals surface area contributed by atoms with Crippen LogP contribution in [0.25, 0.3) is 0 Å². The summed E-state index contributed by atoms with van der Waals surface area (Å²) >= 11 is 1.38. The van der Waals surface area contributed by atoms with Crippen LogP contribution in [-0.4, -0.2) is 57.9 Å². The highest BCUT2D eigenvalue weighted by atomic mass is 32.1. The van der Waals surface area contributed by atoms with Crippen molar-refractivity contribution in [2.24, 2.45) is 0 Å². The maximum Gasteiger partial charge on any atom is 0.226 e. The fourth-order valence-corrected chi connectivity index (χ4v) is 2.20. The number of hydrogen-bond acceptors (Lipinski definition) is 8. The number of hydrogen-bond donors (Lipinski definition) is 1. The summed E-state index contributed by atoms with van der Waals surface area (Å²) in [5, 5.41) is 4.92. The van der Waals surface area contributed by atoms with Crippen molar-refractivity contribution in [1.29, 1.82) is 0 Å². The van der Waals surface area contributed by atoms with Crippen LogP contribution in [0.2, 0.25) is 0 Å². The van der Waals surface area contributed by atoms with Crippen LogP contribution >= 0.6 is 11.3 Å². The van der Waals surface area contributed by atoms with Gasteiger partial charge in [0.05, 0.1) is 25.8 Å². The van der Waals surface area contributed by atoms with Crippen molar-refractivity contribution in [1.82, 2.24) is 10.3 Å². The molecule has 0 unspecified atom stereocenters. The largest absolute Gasteiger partial charge is 0.497 e. The van der Waals surface area contributed by atoms with Gasteiger partial charge >= 0.3 is 0 Å². The van der Waals surface area contributed by atoms with E-state index in [0.29, 0.717) is 29.2 Å². The average molecular weight is 383 g/mol. The van der Waals surface area contributed by atoms with Crippen LogP contribution in [0.15, 0.2) is 29.5 Å². The van der Waals surface area contributed by atoms with Crippen molar-refractivity contribution >= 4 is 34.9 Å². The zero-order chi connectivity index (χ0) is 19.8. The zero-order valence-electron chi connectivity index (χ0n) is 15.4. The van der Waals surface area contributed by atoms with Gasteiger partial charge in [-0.15, -0.1) is 11.3 Å². The third-order valence-electron chi connectivity index (χ3n) is 2.78. The van der Waals surface area contributed by atoms with Crippen molar-refractivity contribution in [3.63, 3.8) is 0 Å². The molecule has 0 radical (unpaired) electrons. The lowest BCUT2D eigenvalue weighted by molar-refractivity contribution is -0.121. The molecule has 9 heteroatoms. The van der Waals surface area contributed by atoms with Crippen molar-refractivity contribution < 1.29 is 23.9 Å². The Labute approximate surface area is 157 Å². The molecular formula is C17H25N3O5S. The summed E-state index contributed by atoms with van der Waals surface area (Å²) in [7, 11) is 4.94. The lowest BCUT2D eigenvalue weighted by atomic mass is 10.3. The van der Waals surface area contributed by atoms with Gasteiger partial charge in [0.2, 0.25) is 5.91 Å². The first-order valence-electron chi connectivity index (χ1n) is 7.76.